The predicted molar refractivity (Wildman–Crippen MR) is 77.0 cm³/mol. The minimum atomic E-state index is -0.361. The highest BCUT2D eigenvalue weighted by Crippen LogP contribution is 2.08. The molecule has 0 heterocycles. The topological polar surface area (TPSA) is 55.1 Å². The number of carbonyl (C=O) groups is 1. The fourth-order valence-electron chi connectivity index (χ4n) is 1.03. The number of nitrogens with two attached hydrogens (primary N) is 1. The number of benzene rings is 1. The Balaban J connectivity index is 0.00000225. The molecular weight excluding hydrogens is 338 g/mol. The van der Waals surface area contributed by atoms with Gasteiger partial charge in [0.1, 0.15) is 0 Å². The molecule has 0 unspecified atom stereocenters. The van der Waals surface area contributed by atoms with Gasteiger partial charge in [-0.3, -0.25) is 4.79 Å². The van der Waals surface area contributed by atoms with Gasteiger partial charge in [-0.25, -0.2) is 0 Å². The fraction of sp³-hybridized carbons (Fsp3) is 0.364. The molecule has 0 spiro atoms. The van der Waals surface area contributed by atoms with E-state index in [0.29, 0.717) is 12.1 Å². The van der Waals surface area contributed by atoms with E-state index in [-0.39, 0.29) is 23.9 Å². The van der Waals surface area contributed by atoms with Gasteiger partial charge in [-0.05, 0) is 60.7 Å². The number of halogens is 2. The van der Waals surface area contributed by atoms with E-state index in [1.54, 1.807) is 0 Å². The van der Waals surface area contributed by atoms with E-state index in [4.69, 9.17) is 5.73 Å². The molecule has 3 nitrogen and oxygen atoms in total. The molecule has 1 rings (SSSR count). The number of hydrogen-bond acceptors (Lipinski definition) is 2. The SMILES string of the molecule is CC(C)(CN)NC(=O)c1ccc(I)cc1.Cl. The van der Waals surface area contributed by atoms with Crippen LogP contribution in [0.2, 0.25) is 0 Å². The molecule has 0 aromatic heterocycles. The number of rotatable bonds is 3. The molecule has 0 saturated carbocycles. The van der Waals surface area contributed by atoms with Gasteiger partial charge in [-0.2, -0.15) is 0 Å². The summed E-state index contributed by atoms with van der Waals surface area (Å²) in [6.07, 6.45) is 0. The highest BCUT2D eigenvalue weighted by atomic mass is 127. The van der Waals surface area contributed by atoms with Crippen LogP contribution in [-0.2, 0) is 0 Å². The third kappa shape index (κ3) is 4.67. The molecule has 0 bridgehead atoms. The van der Waals surface area contributed by atoms with E-state index in [1.807, 2.05) is 38.1 Å². The lowest BCUT2D eigenvalue weighted by molar-refractivity contribution is 0.0915. The summed E-state index contributed by atoms with van der Waals surface area (Å²) in [6.45, 7) is 4.22. The van der Waals surface area contributed by atoms with E-state index in [9.17, 15) is 4.79 Å². The molecule has 5 heteroatoms. The summed E-state index contributed by atoms with van der Waals surface area (Å²) in [5, 5.41) is 2.88. The lowest BCUT2D eigenvalue weighted by Crippen LogP contribution is -2.48. The Morgan fingerprint density at radius 2 is 1.88 bits per heavy atom. The van der Waals surface area contributed by atoms with Gasteiger partial charge in [0.15, 0.2) is 0 Å². The number of hydrogen-bond donors (Lipinski definition) is 2. The van der Waals surface area contributed by atoms with Crippen LogP contribution in [0.4, 0.5) is 0 Å². The Morgan fingerprint density at radius 1 is 1.38 bits per heavy atom. The first-order chi connectivity index (χ1) is 6.94. The summed E-state index contributed by atoms with van der Waals surface area (Å²) >= 11 is 2.20. The van der Waals surface area contributed by atoms with Crippen LogP contribution in [0.5, 0.6) is 0 Å². The molecule has 0 aliphatic rings. The summed E-state index contributed by atoms with van der Waals surface area (Å²) in [5.74, 6) is -0.0816. The van der Waals surface area contributed by atoms with Crippen molar-refractivity contribution in [2.45, 2.75) is 19.4 Å². The van der Waals surface area contributed by atoms with Crippen molar-refractivity contribution < 1.29 is 4.79 Å². The molecule has 0 fully saturated rings. The molecule has 0 aliphatic carbocycles. The molecule has 1 amide bonds. The van der Waals surface area contributed by atoms with Crippen LogP contribution >= 0.6 is 35.0 Å². The second-order valence-electron chi connectivity index (χ2n) is 4.05. The van der Waals surface area contributed by atoms with E-state index >= 15 is 0 Å². The van der Waals surface area contributed by atoms with Gasteiger partial charge in [-0.1, -0.05) is 0 Å². The maximum Gasteiger partial charge on any atom is 0.251 e. The quantitative estimate of drug-likeness (QED) is 0.818. The van der Waals surface area contributed by atoms with Crippen LogP contribution in [-0.4, -0.2) is 18.0 Å². The summed E-state index contributed by atoms with van der Waals surface area (Å²) in [6, 6.07) is 7.43. The standard InChI is InChI=1S/C11H15IN2O.ClH/c1-11(2,7-13)14-10(15)8-3-5-9(12)6-4-8;/h3-6H,7,13H2,1-2H3,(H,14,15);1H. The molecule has 16 heavy (non-hydrogen) atoms. The van der Waals surface area contributed by atoms with Crippen LogP contribution < -0.4 is 11.1 Å². The van der Waals surface area contributed by atoms with E-state index in [1.165, 1.54) is 0 Å². The second-order valence-corrected chi connectivity index (χ2v) is 5.29. The molecule has 90 valence electrons. The number of amides is 1. The maximum absolute atomic E-state index is 11.8. The Morgan fingerprint density at radius 3 is 2.31 bits per heavy atom. The van der Waals surface area contributed by atoms with E-state index < -0.39 is 0 Å². The Kier molecular flexibility index (Phi) is 6.28. The number of nitrogens with one attached hydrogen (secondary N) is 1. The van der Waals surface area contributed by atoms with Crippen molar-refractivity contribution in [3.8, 4) is 0 Å². The van der Waals surface area contributed by atoms with Crippen molar-refractivity contribution >= 4 is 40.9 Å². The number of carbonyl (C=O) groups excluding carboxylic acids is 1. The van der Waals surface area contributed by atoms with Gasteiger partial charge in [0.25, 0.3) is 5.91 Å². The van der Waals surface area contributed by atoms with Crippen LogP contribution in [0, 0.1) is 3.57 Å². The summed E-state index contributed by atoms with van der Waals surface area (Å²) in [4.78, 5) is 11.8. The average molecular weight is 355 g/mol. The zero-order valence-corrected chi connectivity index (χ0v) is 12.3. The molecule has 0 saturated heterocycles. The van der Waals surface area contributed by atoms with E-state index in [0.717, 1.165) is 3.57 Å². The zero-order chi connectivity index (χ0) is 11.5. The highest BCUT2D eigenvalue weighted by molar-refractivity contribution is 14.1. The lowest BCUT2D eigenvalue weighted by Gasteiger charge is -2.24. The van der Waals surface area contributed by atoms with Crippen molar-refractivity contribution in [3.05, 3.63) is 33.4 Å². The summed E-state index contributed by atoms with van der Waals surface area (Å²) < 4.78 is 1.11. The van der Waals surface area contributed by atoms with Gasteiger partial charge in [0.2, 0.25) is 0 Å². The minimum Gasteiger partial charge on any atom is -0.346 e. The predicted octanol–water partition coefficient (Wildman–Crippen LogP) is 2.18. The molecule has 1 aromatic carbocycles. The van der Waals surface area contributed by atoms with Crippen molar-refractivity contribution in [2.75, 3.05) is 6.54 Å². The Hall–Kier alpha value is -0.330. The molecule has 0 radical (unpaired) electrons. The average Bonchev–Trinajstić information content (AvgIpc) is 2.18. The van der Waals surface area contributed by atoms with Crippen LogP contribution in [0.25, 0.3) is 0 Å². The monoisotopic (exact) mass is 354 g/mol. The third-order valence-electron chi connectivity index (χ3n) is 2.07. The Bertz CT molecular complexity index is 352. The van der Waals surface area contributed by atoms with Gasteiger partial charge in [0.05, 0.1) is 0 Å². The van der Waals surface area contributed by atoms with Crippen molar-refractivity contribution in [2.24, 2.45) is 5.73 Å². The van der Waals surface area contributed by atoms with Crippen molar-refractivity contribution in [3.63, 3.8) is 0 Å². The molecular formula is C11H16ClIN2O. The van der Waals surface area contributed by atoms with Crippen LogP contribution in [0.15, 0.2) is 24.3 Å². The maximum atomic E-state index is 11.8. The van der Waals surface area contributed by atoms with Crippen LogP contribution in [0.1, 0.15) is 24.2 Å². The summed E-state index contributed by atoms with van der Waals surface area (Å²) in [5.41, 5.74) is 5.84. The molecule has 0 atom stereocenters. The molecule has 1 aromatic rings. The first-order valence-corrected chi connectivity index (χ1v) is 5.81. The normalized spacial score (nSPS) is 10.5. The largest absolute Gasteiger partial charge is 0.346 e. The third-order valence-corrected chi connectivity index (χ3v) is 2.79. The summed E-state index contributed by atoms with van der Waals surface area (Å²) in [7, 11) is 0. The zero-order valence-electron chi connectivity index (χ0n) is 9.29. The van der Waals surface area contributed by atoms with E-state index in [2.05, 4.69) is 27.9 Å². The highest BCUT2D eigenvalue weighted by Gasteiger charge is 2.18. The van der Waals surface area contributed by atoms with Crippen molar-refractivity contribution in [1.82, 2.24) is 5.32 Å². The first-order valence-electron chi connectivity index (χ1n) is 4.73. The lowest BCUT2D eigenvalue weighted by atomic mass is 10.1. The first kappa shape index (κ1) is 15.7. The second kappa shape index (κ2) is 6.42. The van der Waals surface area contributed by atoms with Gasteiger partial charge < -0.3 is 11.1 Å². The fourth-order valence-corrected chi connectivity index (χ4v) is 1.39. The molecule has 0 aliphatic heterocycles. The minimum absolute atomic E-state index is 0. The van der Waals surface area contributed by atoms with Crippen LogP contribution in [0.3, 0.4) is 0 Å². The smallest absolute Gasteiger partial charge is 0.251 e. The molecule has 3 N–H and O–H groups in total. The van der Waals surface area contributed by atoms with Gasteiger partial charge in [0, 0.05) is 21.2 Å². The van der Waals surface area contributed by atoms with Gasteiger partial charge in [-0.15, -0.1) is 12.4 Å². The Labute approximate surface area is 116 Å². The van der Waals surface area contributed by atoms with Gasteiger partial charge >= 0.3 is 0 Å². The van der Waals surface area contributed by atoms with Crippen molar-refractivity contribution in [1.29, 1.82) is 0 Å².